The summed E-state index contributed by atoms with van der Waals surface area (Å²) in [5.74, 6) is -0.464. The molecule has 3 rings (SSSR count). The highest BCUT2D eigenvalue weighted by molar-refractivity contribution is 7.89. The standard InChI is InChI=1S/C12H19N3O4S/c1-15-11(4-7-13-15)20(16,17)14-10-2-5-12(6-3-10)18-8-9-19-12/h4,7,10,14H,2-3,5-6,8-9H2,1H3. The highest BCUT2D eigenvalue weighted by atomic mass is 32.2. The van der Waals surface area contributed by atoms with Gasteiger partial charge >= 0.3 is 0 Å². The largest absolute Gasteiger partial charge is 0.348 e. The Labute approximate surface area is 118 Å². The molecule has 0 unspecified atom stereocenters. The van der Waals surface area contributed by atoms with Gasteiger partial charge in [-0.05, 0) is 18.9 Å². The molecule has 2 fully saturated rings. The molecule has 0 amide bonds. The summed E-state index contributed by atoms with van der Waals surface area (Å²) in [4.78, 5) is 0. The van der Waals surface area contributed by atoms with Crippen LogP contribution >= 0.6 is 0 Å². The molecule has 1 aromatic heterocycles. The second-order valence-corrected chi connectivity index (χ2v) is 6.96. The van der Waals surface area contributed by atoms with E-state index in [0.717, 1.165) is 25.7 Å². The Morgan fingerprint density at radius 2 is 2.00 bits per heavy atom. The van der Waals surface area contributed by atoms with Crippen molar-refractivity contribution in [3.8, 4) is 0 Å². The van der Waals surface area contributed by atoms with Gasteiger partial charge in [-0.1, -0.05) is 0 Å². The first kappa shape index (κ1) is 14.0. The summed E-state index contributed by atoms with van der Waals surface area (Å²) in [5.41, 5.74) is 0. The highest BCUT2D eigenvalue weighted by Gasteiger charge is 2.41. The van der Waals surface area contributed by atoms with E-state index < -0.39 is 15.8 Å². The number of aryl methyl sites for hydroxylation is 1. The number of hydrogen-bond acceptors (Lipinski definition) is 5. The van der Waals surface area contributed by atoms with Gasteiger partial charge in [-0.3, -0.25) is 4.68 Å². The van der Waals surface area contributed by atoms with Crippen molar-refractivity contribution in [2.24, 2.45) is 7.05 Å². The van der Waals surface area contributed by atoms with Crippen molar-refractivity contribution in [1.29, 1.82) is 0 Å². The van der Waals surface area contributed by atoms with E-state index in [-0.39, 0.29) is 11.1 Å². The molecule has 0 radical (unpaired) electrons. The van der Waals surface area contributed by atoms with Gasteiger partial charge in [0.05, 0.1) is 19.4 Å². The van der Waals surface area contributed by atoms with Crippen molar-refractivity contribution >= 4 is 10.0 Å². The minimum Gasteiger partial charge on any atom is -0.348 e. The minimum absolute atomic E-state index is 0.0756. The molecule has 0 atom stereocenters. The van der Waals surface area contributed by atoms with E-state index in [9.17, 15) is 8.42 Å². The van der Waals surface area contributed by atoms with Crippen molar-refractivity contribution in [2.45, 2.75) is 42.5 Å². The molecule has 2 aliphatic rings. The first-order chi connectivity index (χ1) is 9.51. The van der Waals surface area contributed by atoms with E-state index in [1.165, 1.54) is 16.9 Å². The van der Waals surface area contributed by atoms with E-state index in [1.54, 1.807) is 7.05 Å². The number of rotatable bonds is 3. The Balaban J connectivity index is 1.64. The maximum Gasteiger partial charge on any atom is 0.257 e. The molecule has 0 aromatic carbocycles. The Morgan fingerprint density at radius 1 is 1.35 bits per heavy atom. The summed E-state index contributed by atoms with van der Waals surface area (Å²) in [7, 11) is -1.90. The topological polar surface area (TPSA) is 82.5 Å². The maximum absolute atomic E-state index is 12.3. The lowest BCUT2D eigenvalue weighted by atomic mass is 9.91. The fraction of sp³-hybridized carbons (Fsp3) is 0.750. The lowest BCUT2D eigenvalue weighted by molar-refractivity contribution is -0.178. The zero-order chi connectivity index (χ0) is 14.2. The first-order valence-corrected chi connectivity index (χ1v) is 8.27. The van der Waals surface area contributed by atoms with Crippen LogP contribution in [-0.4, -0.2) is 43.2 Å². The average molecular weight is 301 g/mol. The highest BCUT2D eigenvalue weighted by Crippen LogP contribution is 2.36. The monoisotopic (exact) mass is 301 g/mol. The molecule has 1 N–H and O–H groups in total. The lowest BCUT2D eigenvalue weighted by Crippen LogP contribution is -2.44. The molecule has 1 spiro atoms. The number of nitrogens with zero attached hydrogens (tertiary/aromatic N) is 2. The third kappa shape index (κ3) is 2.60. The van der Waals surface area contributed by atoms with Crippen LogP contribution in [0.4, 0.5) is 0 Å². The van der Waals surface area contributed by atoms with E-state index in [0.29, 0.717) is 13.2 Å². The third-order valence-electron chi connectivity index (χ3n) is 3.93. The molecule has 7 nitrogen and oxygen atoms in total. The van der Waals surface area contributed by atoms with Gasteiger partial charge in [-0.15, -0.1) is 0 Å². The van der Waals surface area contributed by atoms with Crippen LogP contribution in [0.1, 0.15) is 25.7 Å². The normalized spacial score (nSPS) is 23.4. The zero-order valence-electron chi connectivity index (χ0n) is 11.4. The molecule has 20 heavy (non-hydrogen) atoms. The third-order valence-corrected chi connectivity index (χ3v) is 5.53. The SMILES string of the molecule is Cn1nccc1S(=O)(=O)NC1CCC2(CC1)OCCO2. The van der Waals surface area contributed by atoms with Crippen LogP contribution in [-0.2, 0) is 26.5 Å². The van der Waals surface area contributed by atoms with E-state index in [4.69, 9.17) is 9.47 Å². The van der Waals surface area contributed by atoms with E-state index in [2.05, 4.69) is 9.82 Å². The lowest BCUT2D eigenvalue weighted by Gasteiger charge is -2.35. The molecule has 1 aliphatic heterocycles. The first-order valence-electron chi connectivity index (χ1n) is 6.79. The van der Waals surface area contributed by atoms with Crippen LogP contribution in [0, 0.1) is 0 Å². The fourth-order valence-corrected chi connectivity index (χ4v) is 4.30. The summed E-state index contributed by atoms with van der Waals surface area (Å²) in [5, 5.41) is 4.08. The van der Waals surface area contributed by atoms with Crippen LogP contribution in [0.5, 0.6) is 0 Å². The van der Waals surface area contributed by atoms with Gasteiger partial charge in [0, 0.05) is 25.9 Å². The van der Waals surface area contributed by atoms with Gasteiger partial charge in [0.2, 0.25) is 0 Å². The molecule has 1 aromatic rings. The van der Waals surface area contributed by atoms with Crippen molar-refractivity contribution in [1.82, 2.24) is 14.5 Å². The van der Waals surface area contributed by atoms with Gasteiger partial charge in [-0.2, -0.15) is 5.10 Å². The number of sulfonamides is 1. The quantitative estimate of drug-likeness (QED) is 0.873. The van der Waals surface area contributed by atoms with Gasteiger partial charge in [0.1, 0.15) is 0 Å². The molecule has 0 bridgehead atoms. The molecule has 1 aliphatic carbocycles. The summed E-state index contributed by atoms with van der Waals surface area (Å²) in [6.07, 6.45) is 4.37. The van der Waals surface area contributed by atoms with Crippen LogP contribution in [0.2, 0.25) is 0 Å². The second-order valence-electron chi connectivity index (χ2n) is 5.30. The smallest absolute Gasteiger partial charge is 0.257 e. The van der Waals surface area contributed by atoms with Crippen LogP contribution < -0.4 is 4.72 Å². The molecule has 2 heterocycles. The predicted molar refractivity (Wildman–Crippen MR) is 70.4 cm³/mol. The number of aromatic nitrogens is 2. The average Bonchev–Trinajstić information content (AvgIpc) is 3.02. The van der Waals surface area contributed by atoms with Gasteiger partial charge < -0.3 is 9.47 Å². The van der Waals surface area contributed by atoms with E-state index in [1.807, 2.05) is 0 Å². The minimum atomic E-state index is -3.51. The number of hydrogen-bond donors (Lipinski definition) is 1. The van der Waals surface area contributed by atoms with Crippen molar-refractivity contribution < 1.29 is 17.9 Å². The molecule has 112 valence electrons. The van der Waals surface area contributed by atoms with E-state index >= 15 is 0 Å². The van der Waals surface area contributed by atoms with Crippen LogP contribution in [0.25, 0.3) is 0 Å². The van der Waals surface area contributed by atoms with Crippen LogP contribution in [0.3, 0.4) is 0 Å². The molecule has 1 saturated carbocycles. The Kier molecular flexibility index (Phi) is 3.57. The zero-order valence-corrected chi connectivity index (χ0v) is 12.2. The van der Waals surface area contributed by atoms with Crippen molar-refractivity contribution in [3.63, 3.8) is 0 Å². The van der Waals surface area contributed by atoms with Crippen molar-refractivity contribution in [2.75, 3.05) is 13.2 Å². The Bertz CT molecular complexity index is 567. The van der Waals surface area contributed by atoms with Crippen LogP contribution in [0.15, 0.2) is 17.3 Å². The molecular formula is C12H19N3O4S. The molecule has 8 heteroatoms. The predicted octanol–water partition coefficient (Wildman–Crippen LogP) is 0.384. The summed E-state index contributed by atoms with van der Waals surface area (Å²) in [6.45, 7) is 1.26. The summed E-state index contributed by atoms with van der Waals surface area (Å²) < 4.78 is 39.9. The summed E-state index contributed by atoms with van der Waals surface area (Å²) >= 11 is 0. The maximum atomic E-state index is 12.3. The van der Waals surface area contributed by atoms with Gasteiger partial charge in [0.25, 0.3) is 10.0 Å². The Hall–Kier alpha value is -0.960. The molecular weight excluding hydrogens is 282 g/mol. The number of ether oxygens (including phenoxy) is 2. The fourth-order valence-electron chi connectivity index (χ4n) is 2.87. The van der Waals surface area contributed by atoms with Crippen molar-refractivity contribution in [3.05, 3.63) is 12.3 Å². The number of nitrogens with one attached hydrogen (secondary N) is 1. The second kappa shape index (κ2) is 5.10. The Morgan fingerprint density at radius 3 is 2.55 bits per heavy atom. The van der Waals surface area contributed by atoms with Gasteiger partial charge in [0.15, 0.2) is 10.8 Å². The van der Waals surface area contributed by atoms with Gasteiger partial charge in [-0.25, -0.2) is 13.1 Å². The summed E-state index contributed by atoms with van der Waals surface area (Å²) in [6, 6.07) is 1.42. The molecule has 1 saturated heterocycles.